The molecule has 2 aliphatic rings. The Labute approximate surface area is 175 Å². The molecule has 0 aromatic heterocycles. The predicted molar refractivity (Wildman–Crippen MR) is 114 cm³/mol. The standard InChI is InChI=1S/C24H26N2O4/c27-13-15-10-12-20(24(30)26-18-7-3-4-8-18)22-16(14-28)9-11-19(21(15)22)23(29)25-17-5-1-2-6-17/h9-14,17-18H,1-8H2,(H,25,29)(H,26,30). The lowest BCUT2D eigenvalue weighted by Crippen LogP contribution is -2.33. The van der Waals surface area contributed by atoms with Crippen molar-refractivity contribution in [1.29, 1.82) is 0 Å². The third kappa shape index (κ3) is 3.86. The number of carbonyl (C=O) groups excluding carboxylic acids is 4. The number of carbonyl (C=O) groups is 4. The summed E-state index contributed by atoms with van der Waals surface area (Å²) < 4.78 is 0. The Morgan fingerprint density at radius 1 is 0.667 bits per heavy atom. The summed E-state index contributed by atoms with van der Waals surface area (Å²) in [6.45, 7) is 0. The molecular weight excluding hydrogens is 380 g/mol. The van der Waals surface area contributed by atoms with Gasteiger partial charge < -0.3 is 10.6 Å². The minimum absolute atomic E-state index is 0.117. The molecule has 4 rings (SSSR count). The molecule has 6 nitrogen and oxygen atoms in total. The van der Waals surface area contributed by atoms with E-state index in [1.54, 1.807) is 24.3 Å². The maximum absolute atomic E-state index is 13.0. The van der Waals surface area contributed by atoms with Gasteiger partial charge in [-0.25, -0.2) is 0 Å². The maximum atomic E-state index is 13.0. The summed E-state index contributed by atoms with van der Waals surface area (Å²) in [4.78, 5) is 49.6. The van der Waals surface area contributed by atoms with E-state index in [1.165, 1.54) is 0 Å². The molecule has 0 saturated heterocycles. The van der Waals surface area contributed by atoms with Crippen LogP contribution >= 0.6 is 0 Å². The molecule has 2 fully saturated rings. The van der Waals surface area contributed by atoms with Gasteiger partial charge in [-0.05, 0) is 37.8 Å². The van der Waals surface area contributed by atoms with Crippen LogP contribution in [0.1, 0.15) is 92.8 Å². The zero-order chi connectivity index (χ0) is 21.1. The molecule has 0 heterocycles. The van der Waals surface area contributed by atoms with Crippen molar-refractivity contribution in [1.82, 2.24) is 10.6 Å². The second-order valence-corrected chi connectivity index (χ2v) is 8.30. The molecule has 0 bridgehead atoms. The normalized spacial score (nSPS) is 17.2. The highest BCUT2D eigenvalue weighted by Gasteiger charge is 2.25. The monoisotopic (exact) mass is 406 g/mol. The molecule has 2 aliphatic carbocycles. The van der Waals surface area contributed by atoms with Gasteiger partial charge in [-0.3, -0.25) is 19.2 Å². The van der Waals surface area contributed by atoms with Crippen LogP contribution in [-0.4, -0.2) is 36.5 Å². The fourth-order valence-electron chi connectivity index (χ4n) is 4.79. The molecule has 2 N–H and O–H groups in total. The molecule has 2 amide bonds. The largest absolute Gasteiger partial charge is 0.349 e. The van der Waals surface area contributed by atoms with Crippen molar-refractivity contribution < 1.29 is 19.2 Å². The first kappa shape index (κ1) is 20.3. The number of nitrogens with one attached hydrogen (secondary N) is 2. The Balaban J connectivity index is 1.81. The Bertz CT molecular complexity index is 921. The van der Waals surface area contributed by atoms with Gasteiger partial charge in [-0.2, -0.15) is 0 Å². The van der Waals surface area contributed by atoms with Crippen molar-refractivity contribution in [2.24, 2.45) is 0 Å². The van der Waals surface area contributed by atoms with E-state index in [9.17, 15) is 19.2 Å². The van der Waals surface area contributed by atoms with Gasteiger partial charge in [0.05, 0.1) is 0 Å². The predicted octanol–water partition coefficient (Wildman–Crippen LogP) is 3.81. The summed E-state index contributed by atoms with van der Waals surface area (Å²) in [6.07, 6.45) is 9.42. The van der Waals surface area contributed by atoms with Gasteiger partial charge in [0.1, 0.15) is 0 Å². The quantitative estimate of drug-likeness (QED) is 0.714. The lowest BCUT2D eigenvalue weighted by molar-refractivity contribution is 0.0929. The Morgan fingerprint density at radius 2 is 1.03 bits per heavy atom. The van der Waals surface area contributed by atoms with Crippen molar-refractivity contribution in [3.05, 3.63) is 46.5 Å². The molecule has 2 saturated carbocycles. The molecule has 0 unspecified atom stereocenters. The van der Waals surface area contributed by atoms with E-state index < -0.39 is 0 Å². The summed E-state index contributed by atoms with van der Waals surface area (Å²) in [5.41, 5.74) is 1.23. The topological polar surface area (TPSA) is 92.3 Å². The lowest BCUT2D eigenvalue weighted by Gasteiger charge is -2.18. The molecule has 6 heteroatoms. The van der Waals surface area contributed by atoms with Crippen LogP contribution in [0.5, 0.6) is 0 Å². The Kier molecular flexibility index (Phi) is 5.93. The molecule has 0 spiro atoms. The molecule has 0 radical (unpaired) electrons. The molecule has 2 aromatic rings. The van der Waals surface area contributed by atoms with Gasteiger partial charge in [0.2, 0.25) is 0 Å². The number of hydrogen-bond donors (Lipinski definition) is 2. The minimum Gasteiger partial charge on any atom is -0.349 e. The van der Waals surface area contributed by atoms with E-state index in [0.717, 1.165) is 51.4 Å². The van der Waals surface area contributed by atoms with E-state index in [-0.39, 0.29) is 23.9 Å². The fraction of sp³-hybridized carbons (Fsp3) is 0.417. The van der Waals surface area contributed by atoms with Gasteiger partial charge in [0.25, 0.3) is 11.8 Å². The average Bonchev–Trinajstić information content (AvgIpc) is 3.46. The highest BCUT2D eigenvalue weighted by atomic mass is 16.2. The third-order valence-electron chi connectivity index (χ3n) is 6.35. The van der Waals surface area contributed by atoms with E-state index in [0.29, 0.717) is 45.6 Å². The van der Waals surface area contributed by atoms with Gasteiger partial charge >= 0.3 is 0 Å². The van der Waals surface area contributed by atoms with Crippen LogP contribution < -0.4 is 10.6 Å². The van der Waals surface area contributed by atoms with E-state index >= 15 is 0 Å². The molecule has 30 heavy (non-hydrogen) atoms. The maximum Gasteiger partial charge on any atom is 0.252 e. The molecule has 0 atom stereocenters. The SMILES string of the molecule is O=Cc1ccc(C(=O)NC2CCCC2)c2c(C=O)ccc(C(=O)NC3CCCC3)c12. The Hall–Kier alpha value is -3.02. The molecular formula is C24H26N2O4. The van der Waals surface area contributed by atoms with Crippen LogP contribution in [0, 0.1) is 0 Å². The summed E-state index contributed by atoms with van der Waals surface area (Å²) in [7, 11) is 0. The summed E-state index contributed by atoms with van der Waals surface area (Å²) >= 11 is 0. The van der Waals surface area contributed by atoms with Crippen molar-refractivity contribution >= 4 is 35.2 Å². The summed E-state index contributed by atoms with van der Waals surface area (Å²) in [5.74, 6) is -0.554. The molecule has 156 valence electrons. The lowest BCUT2D eigenvalue weighted by atomic mass is 9.91. The van der Waals surface area contributed by atoms with Crippen molar-refractivity contribution in [3.63, 3.8) is 0 Å². The van der Waals surface area contributed by atoms with Crippen LogP contribution in [0.2, 0.25) is 0 Å². The number of rotatable bonds is 6. The molecule has 0 aliphatic heterocycles. The van der Waals surface area contributed by atoms with Gasteiger partial charge in [0.15, 0.2) is 12.6 Å². The Morgan fingerprint density at radius 3 is 1.37 bits per heavy atom. The smallest absolute Gasteiger partial charge is 0.252 e. The van der Waals surface area contributed by atoms with Gasteiger partial charge in [-0.1, -0.05) is 37.8 Å². The van der Waals surface area contributed by atoms with Crippen LogP contribution in [0.25, 0.3) is 10.8 Å². The van der Waals surface area contributed by atoms with Gasteiger partial charge in [0, 0.05) is 45.1 Å². The van der Waals surface area contributed by atoms with Crippen molar-refractivity contribution in [2.45, 2.75) is 63.5 Å². The highest BCUT2D eigenvalue weighted by molar-refractivity contribution is 6.21. The van der Waals surface area contributed by atoms with E-state index in [2.05, 4.69) is 10.6 Å². The van der Waals surface area contributed by atoms with Crippen LogP contribution in [0.15, 0.2) is 24.3 Å². The van der Waals surface area contributed by atoms with E-state index in [1.807, 2.05) is 0 Å². The fourth-order valence-corrected chi connectivity index (χ4v) is 4.79. The zero-order valence-corrected chi connectivity index (χ0v) is 16.9. The average molecular weight is 406 g/mol. The minimum atomic E-state index is -0.277. The second kappa shape index (κ2) is 8.78. The van der Waals surface area contributed by atoms with Gasteiger partial charge in [-0.15, -0.1) is 0 Å². The zero-order valence-electron chi connectivity index (χ0n) is 16.9. The first-order chi connectivity index (χ1) is 14.6. The van der Waals surface area contributed by atoms with Crippen LogP contribution in [0.4, 0.5) is 0 Å². The summed E-state index contributed by atoms with van der Waals surface area (Å²) in [5, 5.41) is 6.81. The number of hydrogen-bond acceptors (Lipinski definition) is 4. The third-order valence-corrected chi connectivity index (χ3v) is 6.35. The number of fused-ring (bicyclic) bond motifs is 1. The van der Waals surface area contributed by atoms with Crippen LogP contribution in [-0.2, 0) is 0 Å². The first-order valence-corrected chi connectivity index (χ1v) is 10.7. The van der Waals surface area contributed by atoms with Crippen molar-refractivity contribution in [3.8, 4) is 0 Å². The van der Waals surface area contributed by atoms with Crippen molar-refractivity contribution in [2.75, 3.05) is 0 Å². The number of aldehydes is 2. The van der Waals surface area contributed by atoms with Crippen LogP contribution in [0.3, 0.4) is 0 Å². The number of benzene rings is 2. The summed E-state index contributed by atoms with van der Waals surface area (Å²) in [6, 6.07) is 6.49. The second-order valence-electron chi connectivity index (χ2n) is 8.30. The van der Waals surface area contributed by atoms with E-state index in [4.69, 9.17) is 0 Å². The highest BCUT2D eigenvalue weighted by Crippen LogP contribution is 2.30. The first-order valence-electron chi connectivity index (χ1n) is 10.7. The molecule has 2 aromatic carbocycles. The number of amides is 2.